The van der Waals surface area contributed by atoms with Gasteiger partial charge >= 0.3 is 10.2 Å². The zero-order valence-electron chi connectivity index (χ0n) is 16.2. The summed E-state index contributed by atoms with van der Waals surface area (Å²) in [5, 5.41) is 2.55. The van der Waals surface area contributed by atoms with Crippen LogP contribution < -0.4 is 5.32 Å². The van der Waals surface area contributed by atoms with Gasteiger partial charge < -0.3 is 5.32 Å². The summed E-state index contributed by atoms with van der Waals surface area (Å²) in [6.45, 7) is 0. The second kappa shape index (κ2) is 8.41. The van der Waals surface area contributed by atoms with Crippen LogP contribution in [0.3, 0.4) is 0 Å². The average molecular weight is 495 g/mol. The van der Waals surface area contributed by atoms with Crippen LogP contribution in [0, 0.1) is 11.6 Å². The van der Waals surface area contributed by atoms with Gasteiger partial charge in [-0.1, -0.05) is 23.7 Å². The Labute approximate surface area is 190 Å². The van der Waals surface area contributed by atoms with E-state index in [2.05, 4.69) is 14.7 Å². The number of hydrogen-bond acceptors (Lipinski definition) is 5. The maximum atomic E-state index is 13.4. The second-order valence-corrected chi connectivity index (χ2v) is 9.63. The number of carbonyl (C=O) groups excluding carboxylic acids is 1. The van der Waals surface area contributed by atoms with Gasteiger partial charge in [-0.05, 0) is 42.0 Å². The summed E-state index contributed by atoms with van der Waals surface area (Å²) in [7, 11) is -3.01. The largest absolute Gasteiger partial charge is 0.345 e. The summed E-state index contributed by atoms with van der Waals surface area (Å²) in [6, 6.07) is 9.32. The van der Waals surface area contributed by atoms with Gasteiger partial charge in [0.05, 0.1) is 9.90 Å². The van der Waals surface area contributed by atoms with Gasteiger partial charge in [0.2, 0.25) is 0 Å². The first kappa shape index (κ1) is 22.1. The predicted octanol–water partition coefficient (Wildman–Crippen LogP) is 4.24. The third-order valence-electron chi connectivity index (χ3n) is 4.44. The molecule has 1 aliphatic heterocycles. The van der Waals surface area contributed by atoms with Gasteiger partial charge in [0.15, 0.2) is 0 Å². The Bertz CT molecular complexity index is 1390. The normalized spacial score (nSPS) is 15.2. The lowest BCUT2D eigenvalue weighted by atomic mass is 10.2. The second-order valence-electron chi connectivity index (χ2n) is 6.57. The van der Waals surface area contributed by atoms with Crippen molar-refractivity contribution in [2.45, 2.75) is 0 Å². The van der Waals surface area contributed by atoms with Crippen LogP contribution in [-0.2, 0) is 15.0 Å². The molecule has 0 fully saturated rings. The van der Waals surface area contributed by atoms with Crippen molar-refractivity contribution in [1.82, 2.24) is 9.29 Å². The van der Waals surface area contributed by atoms with Crippen LogP contribution in [0.4, 0.5) is 14.5 Å². The lowest BCUT2D eigenvalue weighted by Crippen LogP contribution is -2.35. The number of benzene rings is 2. The smallest absolute Gasteiger partial charge is 0.321 e. The summed E-state index contributed by atoms with van der Waals surface area (Å²) in [4.78, 5) is 17.6. The summed E-state index contributed by atoms with van der Waals surface area (Å²) >= 11 is 6.87. The van der Waals surface area contributed by atoms with Crippen LogP contribution in [0.15, 0.2) is 64.8 Å². The fraction of sp³-hybridized carbons (Fsp3) is 0.0500. The Morgan fingerprint density at radius 3 is 2.56 bits per heavy atom. The number of anilines is 1. The number of aromatic nitrogens is 1. The lowest BCUT2D eigenvalue weighted by molar-refractivity contribution is -0.113. The first-order valence-electron chi connectivity index (χ1n) is 8.93. The van der Waals surface area contributed by atoms with Crippen LogP contribution in [-0.4, -0.2) is 36.4 Å². The van der Waals surface area contributed by atoms with E-state index in [1.165, 1.54) is 43.6 Å². The molecule has 0 unspecified atom stereocenters. The number of hydrogen-bond donors (Lipinski definition) is 1. The van der Waals surface area contributed by atoms with Gasteiger partial charge in [-0.2, -0.15) is 8.42 Å². The molecular weight excluding hydrogens is 482 g/mol. The van der Waals surface area contributed by atoms with E-state index in [0.717, 1.165) is 21.7 Å². The van der Waals surface area contributed by atoms with Crippen LogP contribution >= 0.6 is 22.9 Å². The maximum Gasteiger partial charge on any atom is 0.345 e. The standard InChI is InChI=1S/C20H13ClF2N4O3S2/c1-27-17(19(28)25-13-6-7-15(23)14(21)8-13)9-16(26-32(27,29)30)20-24-10-18(31-20)11-2-4-12(22)5-3-11/h2-10H,1H3,(H,25,28). The molecule has 0 aliphatic carbocycles. The number of amides is 1. The Morgan fingerprint density at radius 1 is 1.16 bits per heavy atom. The predicted molar refractivity (Wildman–Crippen MR) is 119 cm³/mol. The maximum absolute atomic E-state index is 13.4. The minimum Gasteiger partial charge on any atom is -0.321 e. The molecule has 1 aliphatic rings. The quantitative estimate of drug-likeness (QED) is 0.587. The Morgan fingerprint density at radius 2 is 1.88 bits per heavy atom. The van der Waals surface area contributed by atoms with E-state index in [1.807, 2.05) is 0 Å². The average Bonchev–Trinajstić information content (AvgIpc) is 3.23. The van der Waals surface area contributed by atoms with E-state index in [0.29, 0.717) is 10.4 Å². The zero-order chi connectivity index (χ0) is 23.0. The molecule has 3 aromatic rings. The van der Waals surface area contributed by atoms with Crippen LogP contribution in [0.2, 0.25) is 5.02 Å². The van der Waals surface area contributed by atoms with Gasteiger partial charge in [0, 0.05) is 18.9 Å². The SMILES string of the molecule is CN1C(C(=O)Nc2ccc(F)c(Cl)c2)=CC(c2ncc(-c3ccc(F)cc3)s2)=NS1(=O)=O. The van der Waals surface area contributed by atoms with Crippen molar-refractivity contribution in [1.29, 1.82) is 0 Å². The van der Waals surface area contributed by atoms with E-state index in [4.69, 9.17) is 11.6 Å². The molecule has 12 heteroatoms. The van der Waals surface area contributed by atoms with Gasteiger partial charge in [-0.15, -0.1) is 15.7 Å². The summed E-state index contributed by atoms with van der Waals surface area (Å²) in [5.41, 5.74) is 0.643. The molecule has 164 valence electrons. The van der Waals surface area contributed by atoms with Gasteiger partial charge in [0.1, 0.15) is 28.1 Å². The van der Waals surface area contributed by atoms with E-state index in [1.54, 1.807) is 12.1 Å². The molecule has 0 spiro atoms. The van der Waals surface area contributed by atoms with Crippen LogP contribution in [0.25, 0.3) is 10.4 Å². The van der Waals surface area contributed by atoms with Crippen molar-refractivity contribution in [3.8, 4) is 10.4 Å². The number of carbonyl (C=O) groups is 1. The first-order chi connectivity index (χ1) is 15.1. The summed E-state index contributed by atoms with van der Waals surface area (Å²) in [6.07, 6.45) is 2.80. The number of nitrogens with one attached hydrogen (secondary N) is 1. The van der Waals surface area contributed by atoms with Crippen molar-refractivity contribution in [3.05, 3.63) is 82.1 Å². The molecule has 1 N–H and O–H groups in total. The molecule has 1 amide bonds. The molecule has 0 radical (unpaired) electrons. The molecular formula is C20H13ClF2N4O3S2. The van der Waals surface area contributed by atoms with E-state index < -0.39 is 21.9 Å². The third-order valence-corrected chi connectivity index (χ3v) is 7.11. The number of likely N-dealkylation sites (N-methyl/N-ethyl adjacent to an activating group) is 1. The minimum absolute atomic E-state index is 0.0243. The molecule has 32 heavy (non-hydrogen) atoms. The highest BCUT2D eigenvalue weighted by Gasteiger charge is 2.31. The highest BCUT2D eigenvalue weighted by atomic mass is 35.5. The summed E-state index contributed by atoms with van der Waals surface area (Å²) < 4.78 is 56.0. The Kier molecular flexibility index (Phi) is 5.80. The number of halogens is 3. The van der Waals surface area contributed by atoms with Crippen LogP contribution in [0.1, 0.15) is 5.01 Å². The molecule has 4 rings (SSSR count). The molecule has 1 aromatic heterocycles. The van der Waals surface area contributed by atoms with Crippen molar-refractivity contribution in [3.63, 3.8) is 0 Å². The lowest BCUT2D eigenvalue weighted by Gasteiger charge is -2.23. The van der Waals surface area contributed by atoms with Gasteiger partial charge in [0.25, 0.3) is 5.91 Å². The Hall–Kier alpha value is -3.15. The number of nitrogens with zero attached hydrogens (tertiary/aromatic N) is 3. The monoisotopic (exact) mass is 494 g/mol. The first-order valence-corrected chi connectivity index (χ1v) is 11.5. The van der Waals surface area contributed by atoms with E-state index >= 15 is 0 Å². The molecule has 2 aromatic carbocycles. The Balaban J connectivity index is 1.66. The van der Waals surface area contributed by atoms with Crippen LogP contribution in [0.5, 0.6) is 0 Å². The zero-order valence-corrected chi connectivity index (χ0v) is 18.6. The molecule has 0 saturated heterocycles. The van der Waals surface area contributed by atoms with Crippen molar-refractivity contribution < 1.29 is 22.0 Å². The topological polar surface area (TPSA) is 91.7 Å². The van der Waals surface area contributed by atoms with Gasteiger partial charge in [-0.3, -0.25) is 4.79 Å². The van der Waals surface area contributed by atoms with E-state index in [-0.39, 0.29) is 32.9 Å². The number of rotatable bonds is 4. The molecule has 2 heterocycles. The number of allylic oxidation sites excluding steroid dienone is 1. The molecule has 0 bridgehead atoms. The molecule has 0 atom stereocenters. The molecule has 7 nitrogen and oxygen atoms in total. The van der Waals surface area contributed by atoms with Crippen molar-refractivity contribution >= 4 is 50.5 Å². The summed E-state index contributed by atoms with van der Waals surface area (Å²) in [5.74, 6) is -1.80. The van der Waals surface area contributed by atoms with Crippen molar-refractivity contribution in [2.75, 3.05) is 12.4 Å². The van der Waals surface area contributed by atoms with E-state index in [9.17, 15) is 22.0 Å². The highest BCUT2D eigenvalue weighted by Crippen LogP contribution is 2.29. The number of thiazole rings is 1. The minimum atomic E-state index is -4.20. The third kappa shape index (κ3) is 4.40. The van der Waals surface area contributed by atoms with Gasteiger partial charge in [-0.25, -0.2) is 18.1 Å². The fourth-order valence-corrected chi connectivity index (χ4v) is 4.79. The van der Waals surface area contributed by atoms with Crippen molar-refractivity contribution in [2.24, 2.45) is 4.40 Å². The fourth-order valence-electron chi connectivity index (χ4n) is 2.78. The molecule has 0 saturated carbocycles. The highest BCUT2D eigenvalue weighted by molar-refractivity contribution is 7.88.